The summed E-state index contributed by atoms with van der Waals surface area (Å²) in [7, 11) is -4.23. The van der Waals surface area contributed by atoms with Gasteiger partial charge in [0.15, 0.2) is 5.03 Å². The molecule has 0 bridgehead atoms. The van der Waals surface area contributed by atoms with E-state index in [0.29, 0.717) is 4.31 Å². The molecule has 0 spiro atoms. The average Bonchev–Trinajstić information content (AvgIpc) is 2.82. The summed E-state index contributed by atoms with van der Waals surface area (Å²) in [6, 6.07) is 1.15. The molecule has 0 aromatic carbocycles. The first-order valence-corrected chi connectivity index (χ1v) is 9.08. The normalized spacial score (nSPS) is 17.8. The number of aromatic nitrogens is 2. The molecule has 1 fully saturated rings. The number of carbonyl (C=O) groups is 1. The maximum absolute atomic E-state index is 13.1. The van der Waals surface area contributed by atoms with E-state index in [1.807, 2.05) is 0 Å². The standard InChI is InChI=1S/C14H14ClF2N3O4S/c1-7(2)11-12(25(23,24)19-5-14(16,17)6-19)20-4-9(15)8(13(21)22)3-10(20)18-11/h3-4,7H,5-6H2,1-2H3,(H,21,22). The van der Waals surface area contributed by atoms with Crippen LogP contribution in [0.4, 0.5) is 8.78 Å². The Kier molecular flexibility index (Phi) is 4.05. The van der Waals surface area contributed by atoms with Gasteiger partial charge in [0.2, 0.25) is 0 Å². The number of fused-ring (bicyclic) bond motifs is 1. The zero-order valence-electron chi connectivity index (χ0n) is 13.2. The first-order chi connectivity index (χ1) is 11.4. The number of carboxylic acids is 1. The van der Waals surface area contributed by atoms with Crippen molar-refractivity contribution in [3.05, 3.63) is 28.5 Å². The Hall–Kier alpha value is -1.78. The van der Waals surface area contributed by atoms with E-state index >= 15 is 0 Å². The van der Waals surface area contributed by atoms with Gasteiger partial charge in [-0.25, -0.2) is 27.0 Å². The minimum atomic E-state index is -4.23. The molecule has 1 N–H and O–H groups in total. The van der Waals surface area contributed by atoms with Gasteiger partial charge >= 0.3 is 5.97 Å². The lowest BCUT2D eigenvalue weighted by Gasteiger charge is -2.37. The summed E-state index contributed by atoms with van der Waals surface area (Å²) in [6.45, 7) is 1.60. The monoisotopic (exact) mass is 393 g/mol. The van der Waals surface area contributed by atoms with E-state index in [4.69, 9.17) is 16.7 Å². The second-order valence-corrected chi connectivity index (χ2v) is 8.41. The quantitative estimate of drug-likeness (QED) is 0.861. The van der Waals surface area contributed by atoms with Crippen LogP contribution in [0.25, 0.3) is 5.65 Å². The number of sulfonamides is 1. The van der Waals surface area contributed by atoms with Gasteiger partial charge in [-0.15, -0.1) is 0 Å². The van der Waals surface area contributed by atoms with E-state index in [2.05, 4.69) is 4.98 Å². The molecule has 25 heavy (non-hydrogen) atoms. The highest BCUT2D eigenvalue weighted by Gasteiger charge is 2.51. The van der Waals surface area contributed by atoms with Crippen molar-refractivity contribution in [3.63, 3.8) is 0 Å². The summed E-state index contributed by atoms with van der Waals surface area (Å²) in [5.74, 6) is -4.67. The third-order valence-electron chi connectivity index (χ3n) is 3.87. The van der Waals surface area contributed by atoms with Crippen LogP contribution in [-0.4, -0.2) is 52.2 Å². The second-order valence-electron chi connectivity index (χ2n) is 6.15. The minimum absolute atomic E-state index is 0.0661. The zero-order chi connectivity index (χ0) is 18.7. The van der Waals surface area contributed by atoms with Crippen molar-refractivity contribution >= 4 is 33.2 Å². The summed E-state index contributed by atoms with van der Waals surface area (Å²) >= 11 is 5.92. The Morgan fingerprint density at radius 3 is 2.48 bits per heavy atom. The molecule has 0 radical (unpaired) electrons. The Bertz CT molecular complexity index is 980. The van der Waals surface area contributed by atoms with E-state index in [0.717, 1.165) is 16.7 Å². The van der Waals surface area contributed by atoms with Crippen molar-refractivity contribution in [3.8, 4) is 0 Å². The van der Waals surface area contributed by atoms with Gasteiger partial charge in [0.1, 0.15) is 5.65 Å². The number of imidazole rings is 1. The van der Waals surface area contributed by atoms with Gasteiger partial charge in [-0.3, -0.25) is 4.40 Å². The summed E-state index contributed by atoms with van der Waals surface area (Å²) in [4.78, 5) is 15.4. The van der Waals surface area contributed by atoms with Gasteiger partial charge in [0, 0.05) is 6.20 Å². The number of hydrogen-bond donors (Lipinski definition) is 1. The molecule has 3 heterocycles. The highest BCUT2D eigenvalue weighted by Crippen LogP contribution is 2.35. The number of hydrogen-bond acceptors (Lipinski definition) is 4. The Morgan fingerprint density at radius 2 is 2.00 bits per heavy atom. The highest BCUT2D eigenvalue weighted by atomic mass is 35.5. The topological polar surface area (TPSA) is 92.0 Å². The zero-order valence-corrected chi connectivity index (χ0v) is 14.8. The maximum Gasteiger partial charge on any atom is 0.337 e. The maximum atomic E-state index is 13.1. The van der Waals surface area contributed by atoms with Gasteiger partial charge in [-0.2, -0.15) is 4.31 Å². The third-order valence-corrected chi connectivity index (χ3v) is 6.00. The van der Waals surface area contributed by atoms with Gasteiger partial charge in [0.05, 0.1) is 29.4 Å². The van der Waals surface area contributed by atoms with Gasteiger partial charge in [0.25, 0.3) is 15.9 Å². The highest BCUT2D eigenvalue weighted by molar-refractivity contribution is 7.89. The number of rotatable bonds is 4. The molecule has 11 heteroatoms. The molecule has 2 aromatic rings. The number of carboxylic acid groups (broad SMARTS) is 1. The molecule has 0 aliphatic carbocycles. The van der Waals surface area contributed by atoms with Crippen LogP contribution in [0, 0.1) is 0 Å². The molecule has 0 saturated carbocycles. The van der Waals surface area contributed by atoms with Crippen molar-refractivity contribution in [2.24, 2.45) is 0 Å². The molecule has 0 atom stereocenters. The smallest absolute Gasteiger partial charge is 0.337 e. The number of halogens is 3. The fourth-order valence-corrected chi connectivity index (χ4v) is 4.75. The lowest BCUT2D eigenvalue weighted by Crippen LogP contribution is -2.58. The van der Waals surface area contributed by atoms with Crippen molar-refractivity contribution in [1.82, 2.24) is 13.7 Å². The minimum Gasteiger partial charge on any atom is -0.478 e. The van der Waals surface area contributed by atoms with E-state index < -0.39 is 35.0 Å². The van der Waals surface area contributed by atoms with Gasteiger partial charge in [-0.05, 0) is 12.0 Å². The molecule has 1 saturated heterocycles. The second kappa shape index (κ2) is 5.61. The fourth-order valence-electron chi connectivity index (χ4n) is 2.62. The van der Waals surface area contributed by atoms with Crippen molar-refractivity contribution in [1.29, 1.82) is 0 Å². The van der Waals surface area contributed by atoms with E-state index in [9.17, 15) is 22.0 Å². The fraction of sp³-hybridized carbons (Fsp3) is 0.429. The van der Waals surface area contributed by atoms with Crippen LogP contribution >= 0.6 is 11.6 Å². The largest absolute Gasteiger partial charge is 0.478 e. The summed E-state index contributed by atoms with van der Waals surface area (Å²) in [5.41, 5.74) is -0.000847. The molecule has 136 valence electrons. The van der Waals surface area contributed by atoms with Crippen molar-refractivity contribution in [2.45, 2.75) is 30.7 Å². The van der Waals surface area contributed by atoms with Crippen LogP contribution < -0.4 is 0 Å². The third kappa shape index (κ3) is 2.87. The Labute approximate surface area is 146 Å². The van der Waals surface area contributed by atoms with Crippen molar-refractivity contribution in [2.75, 3.05) is 13.1 Å². The summed E-state index contributed by atoms with van der Waals surface area (Å²) < 4.78 is 53.7. The first kappa shape index (κ1) is 18.0. The molecule has 0 amide bonds. The SMILES string of the molecule is CC(C)c1nc2cc(C(=O)O)c(Cl)cn2c1S(=O)(=O)N1CC(F)(F)C1. The molecule has 7 nitrogen and oxygen atoms in total. The van der Waals surface area contributed by atoms with Gasteiger partial charge in [-0.1, -0.05) is 25.4 Å². The molecule has 3 rings (SSSR count). The molecular formula is C14H14ClF2N3O4S. The predicted octanol–water partition coefficient (Wildman–Crippen LogP) is 2.45. The molecule has 1 aliphatic rings. The van der Waals surface area contributed by atoms with Crippen LogP contribution in [0.5, 0.6) is 0 Å². The Morgan fingerprint density at radius 1 is 1.40 bits per heavy atom. The Balaban J connectivity index is 2.24. The van der Waals surface area contributed by atoms with Crippen LogP contribution in [-0.2, 0) is 10.0 Å². The van der Waals surface area contributed by atoms with Crippen LogP contribution in [0.2, 0.25) is 5.02 Å². The number of alkyl halides is 2. The summed E-state index contributed by atoms with van der Waals surface area (Å²) in [6.07, 6.45) is 1.13. The van der Waals surface area contributed by atoms with Gasteiger partial charge < -0.3 is 5.11 Å². The molecule has 0 unspecified atom stereocenters. The average molecular weight is 394 g/mol. The van der Waals surface area contributed by atoms with Crippen molar-refractivity contribution < 1.29 is 27.1 Å². The first-order valence-electron chi connectivity index (χ1n) is 7.27. The lowest BCUT2D eigenvalue weighted by atomic mass is 10.2. The predicted molar refractivity (Wildman–Crippen MR) is 85.0 cm³/mol. The van der Waals surface area contributed by atoms with Crippen LogP contribution in [0.1, 0.15) is 35.8 Å². The molecular weight excluding hydrogens is 380 g/mol. The molecule has 1 aliphatic heterocycles. The van der Waals surface area contributed by atoms with E-state index in [1.165, 1.54) is 0 Å². The van der Waals surface area contributed by atoms with Crippen LogP contribution in [0.3, 0.4) is 0 Å². The number of pyridine rings is 1. The van der Waals surface area contributed by atoms with E-state index in [1.54, 1.807) is 13.8 Å². The molecule has 2 aromatic heterocycles. The lowest BCUT2D eigenvalue weighted by molar-refractivity contribution is -0.0946. The summed E-state index contributed by atoms with van der Waals surface area (Å²) in [5, 5.41) is 8.68. The van der Waals surface area contributed by atoms with E-state index in [-0.39, 0.29) is 32.9 Å². The number of aromatic carboxylic acids is 1. The number of nitrogens with zero attached hydrogens (tertiary/aromatic N) is 3. The van der Waals surface area contributed by atoms with Crippen LogP contribution in [0.15, 0.2) is 17.3 Å².